The van der Waals surface area contributed by atoms with Gasteiger partial charge in [0.25, 0.3) is 0 Å². The van der Waals surface area contributed by atoms with E-state index in [-0.39, 0.29) is 18.7 Å². The molecule has 0 aliphatic carbocycles. The molecule has 0 aliphatic rings. The number of aromatic nitrogens is 4. The van der Waals surface area contributed by atoms with Crippen LogP contribution < -0.4 is 9.57 Å². The Bertz CT molecular complexity index is 751. The standard InChI is InChI=1S/C14H21N4O5P/c1-5-8-11(24(19,21-6-2)22-7-3)23-18-10-17-12-13(18)15-9-16-14(12)20-4/h8-10H,5-7H2,1-4H3. The van der Waals surface area contributed by atoms with Crippen LogP contribution in [-0.4, -0.2) is 40.0 Å². The first-order valence-electron chi connectivity index (χ1n) is 7.59. The van der Waals surface area contributed by atoms with Crippen LogP contribution in [0.5, 0.6) is 5.88 Å². The van der Waals surface area contributed by atoms with Crippen LogP contribution >= 0.6 is 7.60 Å². The van der Waals surface area contributed by atoms with E-state index < -0.39 is 7.60 Å². The molecule has 2 aromatic heterocycles. The van der Waals surface area contributed by atoms with Crippen molar-refractivity contribution < 1.29 is 23.2 Å². The van der Waals surface area contributed by atoms with E-state index in [1.807, 2.05) is 6.92 Å². The number of fused-ring (bicyclic) bond motifs is 1. The lowest BCUT2D eigenvalue weighted by atomic mass is 10.5. The van der Waals surface area contributed by atoms with Crippen molar-refractivity contribution in [3.05, 3.63) is 24.2 Å². The summed E-state index contributed by atoms with van der Waals surface area (Å²) in [6, 6.07) is 0. The molecule has 0 aromatic carbocycles. The second-order valence-electron chi connectivity index (χ2n) is 4.50. The average molecular weight is 356 g/mol. The van der Waals surface area contributed by atoms with E-state index in [2.05, 4.69) is 15.0 Å². The van der Waals surface area contributed by atoms with Crippen molar-refractivity contribution in [1.29, 1.82) is 0 Å². The van der Waals surface area contributed by atoms with Crippen molar-refractivity contribution in [3.63, 3.8) is 0 Å². The molecular weight excluding hydrogens is 335 g/mol. The van der Waals surface area contributed by atoms with Gasteiger partial charge in [-0.15, -0.1) is 4.73 Å². The maximum Gasteiger partial charge on any atom is 0.398 e. The van der Waals surface area contributed by atoms with Crippen molar-refractivity contribution in [3.8, 4) is 5.88 Å². The number of allylic oxidation sites excluding steroid dienone is 1. The van der Waals surface area contributed by atoms with Crippen LogP contribution in [0.1, 0.15) is 27.2 Å². The predicted octanol–water partition coefficient (Wildman–Crippen LogP) is 2.78. The molecule has 0 saturated heterocycles. The summed E-state index contributed by atoms with van der Waals surface area (Å²) in [6.07, 6.45) is 4.96. The Hall–Kier alpha value is -1.96. The first-order valence-corrected chi connectivity index (χ1v) is 9.14. The summed E-state index contributed by atoms with van der Waals surface area (Å²) < 4.78 is 30.1. The van der Waals surface area contributed by atoms with Crippen LogP contribution in [0.4, 0.5) is 0 Å². The minimum atomic E-state index is -3.57. The highest BCUT2D eigenvalue weighted by atomic mass is 31.2. The highest BCUT2D eigenvalue weighted by Crippen LogP contribution is 2.55. The average Bonchev–Trinajstić information content (AvgIpc) is 2.98. The Kier molecular flexibility index (Phi) is 6.30. The lowest BCUT2D eigenvalue weighted by Crippen LogP contribution is -2.14. The summed E-state index contributed by atoms with van der Waals surface area (Å²) in [7, 11) is -2.08. The quantitative estimate of drug-likeness (QED) is 0.500. The fraction of sp³-hybridized carbons (Fsp3) is 0.500. The van der Waals surface area contributed by atoms with Gasteiger partial charge in [0.05, 0.1) is 20.3 Å². The van der Waals surface area contributed by atoms with E-state index in [1.54, 1.807) is 19.9 Å². The molecule has 0 radical (unpaired) electrons. The van der Waals surface area contributed by atoms with Crippen LogP contribution in [0.25, 0.3) is 11.2 Å². The maximum atomic E-state index is 13.0. The minimum Gasteiger partial charge on any atom is -0.479 e. The third-order valence-corrected chi connectivity index (χ3v) is 4.90. The molecule has 2 aromatic rings. The summed E-state index contributed by atoms with van der Waals surface area (Å²) in [5.74, 6) is 0.321. The molecule has 0 saturated carbocycles. The van der Waals surface area contributed by atoms with Crippen molar-refractivity contribution in [2.45, 2.75) is 27.2 Å². The third kappa shape index (κ3) is 3.75. The van der Waals surface area contributed by atoms with Crippen LogP contribution in [0.15, 0.2) is 24.2 Å². The van der Waals surface area contributed by atoms with Crippen molar-refractivity contribution in [2.24, 2.45) is 0 Å². The molecule has 0 bridgehead atoms. The number of ether oxygens (including phenoxy) is 1. The topological polar surface area (TPSA) is 97.6 Å². The van der Waals surface area contributed by atoms with E-state index in [4.69, 9.17) is 18.6 Å². The van der Waals surface area contributed by atoms with E-state index in [1.165, 1.54) is 24.5 Å². The molecule has 0 fully saturated rings. The summed E-state index contributed by atoms with van der Waals surface area (Å²) >= 11 is 0. The second kappa shape index (κ2) is 8.23. The molecule has 0 amide bonds. The van der Waals surface area contributed by atoms with Crippen LogP contribution in [-0.2, 0) is 13.6 Å². The number of rotatable bonds is 9. The summed E-state index contributed by atoms with van der Waals surface area (Å²) in [5.41, 5.74) is 0.896. The largest absolute Gasteiger partial charge is 0.479 e. The number of methoxy groups -OCH3 is 1. The molecule has 24 heavy (non-hydrogen) atoms. The molecule has 0 atom stereocenters. The minimum absolute atomic E-state index is 0.0885. The van der Waals surface area contributed by atoms with Gasteiger partial charge < -0.3 is 18.6 Å². The van der Waals surface area contributed by atoms with Crippen molar-refractivity contribution >= 4 is 18.8 Å². The smallest absolute Gasteiger partial charge is 0.398 e. The van der Waals surface area contributed by atoms with Gasteiger partial charge in [0.15, 0.2) is 5.52 Å². The fourth-order valence-corrected chi connectivity index (χ4v) is 3.59. The molecule has 9 nitrogen and oxygen atoms in total. The number of imidazole rings is 1. The van der Waals surface area contributed by atoms with Crippen molar-refractivity contribution in [2.75, 3.05) is 20.3 Å². The van der Waals surface area contributed by atoms with E-state index in [0.717, 1.165) is 0 Å². The monoisotopic (exact) mass is 356 g/mol. The lowest BCUT2D eigenvalue weighted by Gasteiger charge is -2.19. The van der Waals surface area contributed by atoms with Gasteiger partial charge in [-0.05, 0) is 26.3 Å². The summed E-state index contributed by atoms with van der Waals surface area (Å²) in [5, 5.41) is 0. The Labute approximate surface area is 140 Å². The van der Waals surface area contributed by atoms with Crippen LogP contribution in [0, 0.1) is 0 Å². The zero-order valence-corrected chi connectivity index (χ0v) is 15.0. The molecule has 0 N–H and O–H groups in total. The summed E-state index contributed by atoms with van der Waals surface area (Å²) in [6.45, 7) is 5.81. The number of hydrogen-bond acceptors (Lipinski definition) is 8. The molecule has 0 spiro atoms. The highest BCUT2D eigenvalue weighted by Gasteiger charge is 2.33. The first-order chi connectivity index (χ1) is 11.6. The number of nitrogens with zero attached hydrogens (tertiary/aromatic N) is 4. The van der Waals surface area contributed by atoms with Gasteiger partial charge in [-0.25, -0.2) is 9.97 Å². The molecule has 132 valence electrons. The van der Waals surface area contributed by atoms with Gasteiger partial charge in [0, 0.05) is 0 Å². The van der Waals surface area contributed by atoms with Crippen LogP contribution in [0.3, 0.4) is 0 Å². The molecule has 2 heterocycles. The fourth-order valence-electron chi connectivity index (χ4n) is 1.99. The Morgan fingerprint density at radius 3 is 2.50 bits per heavy atom. The summed E-state index contributed by atoms with van der Waals surface area (Å²) in [4.78, 5) is 18.0. The van der Waals surface area contributed by atoms with Gasteiger partial charge in [0.1, 0.15) is 12.7 Å². The van der Waals surface area contributed by atoms with Gasteiger partial charge >= 0.3 is 7.60 Å². The van der Waals surface area contributed by atoms with Gasteiger partial charge in [0.2, 0.25) is 17.0 Å². The van der Waals surface area contributed by atoms with Gasteiger partial charge in [-0.2, -0.15) is 4.98 Å². The highest BCUT2D eigenvalue weighted by molar-refractivity contribution is 7.58. The Morgan fingerprint density at radius 1 is 1.21 bits per heavy atom. The zero-order chi connectivity index (χ0) is 17.6. The van der Waals surface area contributed by atoms with Crippen LogP contribution in [0.2, 0.25) is 0 Å². The van der Waals surface area contributed by atoms with E-state index in [0.29, 0.717) is 23.5 Å². The molecular formula is C14H21N4O5P. The molecule has 0 aliphatic heterocycles. The number of hydrogen-bond donors (Lipinski definition) is 0. The Morgan fingerprint density at radius 2 is 1.92 bits per heavy atom. The Balaban J connectivity index is 2.42. The van der Waals surface area contributed by atoms with Gasteiger partial charge in [-0.1, -0.05) is 6.92 Å². The van der Waals surface area contributed by atoms with E-state index in [9.17, 15) is 4.57 Å². The lowest BCUT2D eigenvalue weighted by molar-refractivity contribution is 0.165. The molecule has 0 unspecified atom stereocenters. The molecule has 10 heteroatoms. The van der Waals surface area contributed by atoms with Gasteiger partial charge in [-0.3, -0.25) is 4.57 Å². The predicted molar refractivity (Wildman–Crippen MR) is 87.7 cm³/mol. The third-order valence-electron chi connectivity index (χ3n) is 2.90. The maximum absolute atomic E-state index is 13.0. The SMILES string of the molecule is CCC=C(On1cnc2c(OC)ncnc21)P(=O)(OCC)OCC. The zero-order valence-electron chi connectivity index (χ0n) is 14.1. The molecule has 2 rings (SSSR count). The van der Waals surface area contributed by atoms with E-state index >= 15 is 0 Å². The normalized spacial score (nSPS) is 12.6. The second-order valence-corrected chi connectivity index (χ2v) is 6.45. The van der Waals surface area contributed by atoms with Crippen molar-refractivity contribution in [1.82, 2.24) is 19.7 Å². The first kappa shape index (κ1) is 18.4.